The van der Waals surface area contributed by atoms with Crippen LogP contribution in [-0.4, -0.2) is 42.2 Å². The summed E-state index contributed by atoms with van der Waals surface area (Å²) in [7, 11) is 0. The van der Waals surface area contributed by atoms with Crippen LogP contribution >= 0.6 is 0 Å². The predicted octanol–water partition coefficient (Wildman–Crippen LogP) is 1.08. The Morgan fingerprint density at radius 1 is 1.16 bits per heavy atom. The molecule has 0 radical (unpaired) electrons. The van der Waals surface area contributed by atoms with Crippen LogP contribution in [-0.2, 0) is 19.5 Å². The molecule has 4 heterocycles. The van der Waals surface area contributed by atoms with Gasteiger partial charge in [-0.3, -0.25) is 14.3 Å². The Morgan fingerprint density at radius 2 is 2.00 bits per heavy atom. The Bertz CT molecular complexity index is 867. The second-order valence-corrected chi connectivity index (χ2v) is 7.45. The average molecular weight is 339 g/mol. The molecule has 2 fully saturated rings. The highest BCUT2D eigenvalue weighted by Gasteiger charge is 2.42. The summed E-state index contributed by atoms with van der Waals surface area (Å²) >= 11 is 0. The summed E-state index contributed by atoms with van der Waals surface area (Å²) in [6.45, 7) is 1.29. The second kappa shape index (κ2) is 5.54. The maximum absolute atomic E-state index is 12.9. The Kier molecular flexibility index (Phi) is 3.29. The fraction of sp³-hybridized carbons (Fsp3) is 0.556. The van der Waals surface area contributed by atoms with E-state index in [0.29, 0.717) is 24.6 Å². The largest absolute Gasteiger partial charge is 0.345 e. The number of hydrogen-bond donors (Lipinski definition) is 0. The molecule has 7 heteroatoms. The van der Waals surface area contributed by atoms with Crippen LogP contribution in [0.4, 0.5) is 0 Å². The minimum Gasteiger partial charge on any atom is -0.329 e. The zero-order chi connectivity index (χ0) is 17.0. The Hall–Kier alpha value is -2.44. The molecule has 1 amide bonds. The molecular formula is C18H21N5O2. The predicted molar refractivity (Wildman–Crippen MR) is 90.1 cm³/mol. The molecule has 1 saturated heterocycles. The van der Waals surface area contributed by atoms with Gasteiger partial charge in [-0.2, -0.15) is 5.10 Å². The number of fused-ring (bicyclic) bond motifs is 3. The van der Waals surface area contributed by atoms with Crippen molar-refractivity contribution in [1.29, 1.82) is 0 Å². The lowest BCUT2D eigenvalue weighted by molar-refractivity contribution is 0.0658. The van der Waals surface area contributed by atoms with Gasteiger partial charge in [0.2, 0.25) is 0 Å². The molecule has 0 spiro atoms. The van der Waals surface area contributed by atoms with E-state index in [4.69, 9.17) is 0 Å². The third-order valence-electron chi connectivity index (χ3n) is 5.68. The molecule has 2 unspecified atom stereocenters. The molecular weight excluding hydrogens is 318 g/mol. The minimum atomic E-state index is -0.0304. The van der Waals surface area contributed by atoms with Crippen molar-refractivity contribution in [2.24, 2.45) is 5.92 Å². The van der Waals surface area contributed by atoms with Crippen molar-refractivity contribution in [2.45, 2.75) is 57.3 Å². The monoisotopic (exact) mass is 339 g/mol. The molecule has 2 atom stereocenters. The van der Waals surface area contributed by atoms with Crippen molar-refractivity contribution in [3.63, 3.8) is 0 Å². The van der Waals surface area contributed by atoms with Crippen LogP contribution in [0.5, 0.6) is 0 Å². The number of amides is 1. The first kappa shape index (κ1) is 14.9. The van der Waals surface area contributed by atoms with Crippen molar-refractivity contribution in [3.05, 3.63) is 46.4 Å². The van der Waals surface area contributed by atoms with Crippen LogP contribution < -0.4 is 5.69 Å². The number of aromatic nitrogens is 4. The van der Waals surface area contributed by atoms with E-state index < -0.39 is 0 Å². The van der Waals surface area contributed by atoms with E-state index in [0.717, 1.165) is 25.2 Å². The number of hydrogen-bond acceptors (Lipinski definition) is 4. The van der Waals surface area contributed by atoms with Crippen LogP contribution in [0, 0.1) is 5.92 Å². The number of nitrogens with zero attached hydrogens (tertiary/aromatic N) is 5. The molecule has 2 aromatic rings. The zero-order valence-corrected chi connectivity index (χ0v) is 14.0. The van der Waals surface area contributed by atoms with E-state index in [1.165, 1.54) is 12.8 Å². The van der Waals surface area contributed by atoms with Crippen molar-refractivity contribution in [3.8, 4) is 0 Å². The highest BCUT2D eigenvalue weighted by atomic mass is 16.2. The van der Waals surface area contributed by atoms with Gasteiger partial charge in [-0.25, -0.2) is 9.48 Å². The lowest BCUT2D eigenvalue weighted by Gasteiger charge is -2.27. The van der Waals surface area contributed by atoms with E-state index in [1.54, 1.807) is 21.5 Å². The first-order valence-corrected chi connectivity index (χ1v) is 9.11. The maximum atomic E-state index is 12.9. The summed E-state index contributed by atoms with van der Waals surface area (Å²) < 4.78 is 3.44. The smallest absolute Gasteiger partial charge is 0.329 e. The van der Waals surface area contributed by atoms with Gasteiger partial charge in [-0.1, -0.05) is 6.07 Å². The van der Waals surface area contributed by atoms with Crippen molar-refractivity contribution in [1.82, 2.24) is 24.2 Å². The van der Waals surface area contributed by atoms with Gasteiger partial charge in [-0.15, -0.1) is 0 Å². The highest BCUT2D eigenvalue weighted by Crippen LogP contribution is 2.32. The van der Waals surface area contributed by atoms with E-state index in [9.17, 15) is 9.59 Å². The van der Waals surface area contributed by atoms with Crippen LogP contribution in [0.25, 0.3) is 0 Å². The van der Waals surface area contributed by atoms with Gasteiger partial charge < -0.3 is 4.90 Å². The van der Waals surface area contributed by atoms with Crippen LogP contribution in [0.15, 0.2) is 29.2 Å². The van der Waals surface area contributed by atoms with E-state index in [1.807, 2.05) is 17.0 Å². The molecule has 1 aliphatic carbocycles. The van der Waals surface area contributed by atoms with Gasteiger partial charge in [-0.05, 0) is 43.7 Å². The summed E-state index contributed by atoms with van der Waals surface area (Å²) in [5, 5.41) is 4.59. The van der Waals surface area contributed by atoms with Crippen LogP contribution in [0.2, 0.25) is 0 Å². The fourth-order valence-electron chi connectivity index (χ4n) is 4.20. The Morgan fingerprint density at radius 3 is 2.76 bits per heavy atom. The van der Waals surface area contributed by atoms with Gasteiger partial charge in [0, 0.05) is 31.7 Å². The molecule has 1 saturated carbocycles. The van der Waals surface area contributed by atoms with Crippen molar-refractivity contribution >= 4 is 5.91 Å². The maximum Gasteiger partial charge on any atom is 0.345 e. The van der Waals surface area contributed by atoms with Gasteiger partial charge >= 0.3 is 5.69 Å². The second-order valence-electron chi connectivity index (χ2n) is 7.45. The molecule has 2 bridgehead atoms. The lowest BCUT2D eigenvalue weighted by atomic mass is 10.1. The fourth-order valence-corrected chi connectivity index (χ4v) is 4.20. The summed E-state index contributed by atoms with van der Waals surface area (Å²) in [5.74, 6) is 1.42. The molecule has 0 N–H and O–H groups in total. The molecule has 7 nitrogen and oxygen atoms in total. The molecule has 2 aliphatic heterocycles. The Labute approximate surface area is 145 Å². The summed E-state index contributed by atoms with van der Waals surface area (Å²) in [5.41, 5.74) is 0.463. The standard InChI is InChI=1S/C18H21N5O2/c24-17(15-3-1-2-8-19-15)23-13-6-7-14(23)11-21-16(9-13)20-22(18(21)25)10-12-4-5-12/h1-3,8,12-14H,4-7,9-11H2. The number of carbonyl (C=O) groups is 1. The number of pyridine rings is 1. The normalized spacial score (nSPS) is 24.9. The molecule has 130 valence electrons. The van der Waals surface area contributed by atoms with Crippen LogP contribution in [0.1, 0.15) is 42.0 Å². The van der Waals surface area contributed by atoms with Gasteiger partial charge in [0.15, 0.2) is 0 Å². The minimum absolute atomic E-state index is 0.0142. The van der Waals surface area contributed by atoms with Crippen molar-refractivity contribution in [2.75, 3.05) is 0 Å². The van der Waals surface area contributed by atoms with Gasteiger partial charge in [0.25, 0.3) is 5.91 Å². The lowest BCUT2D eigenvalue weighted by Crippen LogP contribution is -2.43. The third-order valence-corrected chi connectivity index (χ3v) is 5.68. The molecule has 25 heavy (non-hydrogen) atoms. The van der Waals surface area contributed by atoms with Crippen molar-refractivity contribution < 1.29 is 4.79 Å². The van der Waals surface area contributed by atoms with E-state index in [-0.39, 0.29) is 23.7 Å². The first-order chi connectivity index (χ1) is 12.2. The number of carbonyl (C=O) groups excluding carboxylic acids is 1. The molecule has 5 rings (SSSR count). The molecule has 0 aromatic carbocycles. The van der Waals surface area contributed by atoms with Crippen LogP contribution in [0.3, 0.4) is 0 Å². The average Bonchev–Trinajstić information content (AvgIpc) is 3.32. The summed E-state index contributed by atoms with van der Waals surface area (Å²) in [4.78, 5) is 31.8. The SMILES string of the molecule is O=C(c1ccccn1)N1C2CCC1Cn1c(nn(CC3CC3)c1=O)C2. The topological polar surface area (TPSA) is 73.0 Å². The molecule has 2 aromatic heterocycles. The third kappa shape index (κ3) is 2.49. The van der Waals surface area contributed by atoms with Gasteiger partial charge in [0.05, 0.1) is 6.04 Å². The van der Waals surface area contributed by atoms with E-state index >= 15 is 0 Å². The summed E-state index contributed by atoms with van der Waals surface area (Å²) in [6, 6.07) is 5.56. The quantitative estimate of drug-likeness (QED) is 0.839. The first-order valence-electron chi connectivity index (χ1n) is 9.11. The zero-order valence-electron chi connectivity index (χ0n) is 14.0. The van der Waals surface area contributed by atoms with Gasteiger partial charge in [0.1, 0.15) is 11.5 Å². The Balaban J connectivity index is 1.45. The number of rotatable bonds is 3. The molecule has 3 aliphatic rings. The van der Waals surface area contributed by atoms with E-state index in [2.05, 4.69) is 10.1 Å². The highest BCUT2D eigenvalue weighted by molar-refractivity contribution is 5.93. The summed E-state index contributed by atoms with van der Waals surface area (Å²) in [6.07, 6.45) is 6.60.